The molecule has 0 atom stereocenters. The Kier molecular flexibility index (Phi) is 4.91. The van der Waals surface area contributed by atoms with E-state index in [2.05, 4.69) is 15.3 Å². The van der Waals surface area contributed by atoms with Gasteiger partial charge in [0.15, 0.2) is 0 Å². The largest absolute Gasteiger partial charge is 0.497 e. The first-order chi connectivity index (χ1) is 11.8. The number of rotatable bonds is 6. The summed E-state index contributed by atoms with van der Waals surface area (Å²) in [7, 11) is 1.64. The fourth-order valence-electron chi connectivity index (χ4n) is 2.51. The third-order valence-electron chi connectivity index (χ3n) is 3.78. The van der Waals surface area contributed by atoms with E-state index in [-0.39, 0.29) is 5.91 Å². The molecule has 0 saturated carbocycles. The van der Waals surface area contributed by atoms with Crippen LogP contribution in [0.3, 0.4) is 0 Å². The van der Waals surface area contributed by atoms with E-state index >= 15 is 0 Å². The van der Waals surface area contributed by atoms with E-state index < -0.39 is 0 Å². The smallest absolute Gasteiger partial charge is 0.252 e. The lowest BCUT2D eigenvalue weighted by molar-refractivity contribution is 0.0954. The predicted molar refractivity (Wildman–Crippen MR) is 93.1 cm³/mol. The van der Waals surface area contributed by atoms with Crippen molar-refractivity contribution >= 4 is 5.91 Å². The van der Waals surface area contributed by atoms with Crippen LogP contribution in [0.1, 0.15) is 15.9 Å². The molecule has 0 aliphatic heterocycles. The number of nitrogens with zero attached hydrogens (tertiary/aromatic N) is 1. The van der Waals surface area contributed by atoms with Gasteiger partial charge < -0.3 is 15.0 Å². The maximum atomic E-state index is 12.5. The Morgan fingerprint density at radius 3 is 2.67 bits per heavy atom. The number of H-pyrrole nitrogens is 1. The zero-order valence-electron chi connectivity index (χ0n) is 13.5. The number of carbonyl (C=O) groups is 1. The van der Waals surface area contributed by atoms with Crippen molar-refractivity contribution in [3.8, 4) is 17.1 Å². The second-order valence-corrected chi connectivity index (χ2v) is 5.34. The van der Waals surface area contributed by atoms with Crippen molar-refractivity contribution < 1.29 is 9.53 Å². The molecule has 0 aliphatic carbocycles. The molecule has 3 rings (SSSR count). The Balaban J connectivity index is 1.63. The van der Waals surface area contributed by atoms with Crippen molar-refractivity contribution in [2.45, 2.75) is 6.42 Å². The molecule has 0 bridgehead atoms. The van der Waals surface area contributed by atoms with Gasteiger partial charge in [-0.05, 0) is 30.2 Å². The van der Waals surface area contributed by atoms with E-state index in [1.807, 2.05) is 42.5 Å². The lowest BCUT2D eigenvalue weighted by atomic mass is 10.1. The van der Waals surface area contributed by atoms with Gasteiger partial charge >= 0.3 is 0 Å². The summed E-state index contributed by atoms with van der Waals surface area (Å²) in [5.74, 6) is 1.42. The molecule has 2 aromatic carbocycles. The number of aromatic nitrogens is 2. The summed E-state index contributed by atoms with van der Waals surface area (Å²) in [6, 6.07) is 15.3. The van der Waals surface area contributed by atoms with E-state index in [0.717, 1.165) is 23.3 Å². The van der Waals surface area contributed by atoms with Crippen molar-refractivity contribution in [1.29, 1.82) is 0 Å². The van der Waals surface area contributed by atoms with Gasteiger partial charge in [-0.15, -0.1) is 0 Å². The molecule has 2 N–H and O–H groups in total. The van der Waals surface area contributed by atoms with Crippen molar-refractivity contribution in [2.24, 2.45) is 0 Å². The summed E-state index contributed by atoms with van der Waals surface area (Å²) in [5.41, 5.74) is 2.56. The monoisotopic (exact) mass is 321 g/mol. The van der Waals surface area contributed by atoms with Crippen LogP contribution in [0.25, 0.3) is 11.4 Å². The van der Waals surface area contributed by atoms with Crippen molar-refractivity contribution in [3.05, 3.63) is 72.1 Å². The number of carbonyl (C=O) groups excluding carboxylic acids is 1. The number of hydrogen-bond acceptors (Lipinski definition) is 3. The molecule has 3 aromatic rings. The van der Waals surface area contributed by atoms with Crippen molar-refractivity contribution in [1.82, 2.24) is 15.3 Å². The molecular formula is C19H19N3O2. The minimum absolute atomic E-state index is 0.101. The summed E-state index contributed by atoms with van der Waals surface area (Å²) < 4.78 is 5.14. The topological polar surface area (TPSA) is 67.0 Å². The van der Waals surface area contributed by atoms with E-state index in [1.165, 1.54) is 0 Å². The summed E-state index contributed by atoms with van der Waals surface area (Å²) in [4.78, 5) is 19.7. The van der Waals surface area contributed by atoms with E-state index in [9.17, 15) is 4.79 Å². The van der Waals surface area contributed by atoms with Crippen LogP contribution in [0, 0.1) is 0 Å². The fourth-order valence-corrected chi connectivity index (χ4v) is 2.51. The predicted octanol–water partition coefficient (Wildman–Crippen LogP) is 3.06. The molecule has 24 heavy (non-hydrogen) atoms. The molecule has 1 aromatic heterocycles. The Hall–Kier alpha value is -3.08. The second-order valence-electron chi connectivity index (χ2n) is 5.34. The summed E-state index contributed by atoms with van der Waals surface area (Å²) in [6.45, 7) is 0.567. The molecule has 0 fully saturated rings. The number of methoxy groups -OCH3 is 1. The molecule has 1 heterocycles. The first-order valence-electron chi connectivity index (χ1n) is 7.78. The highest BCUT2D eigenvalue weighted by atomic mass is 16.5. The van der Waals surface area contributed by atoms with Crippen LogP contribution < -0.4 is 10.1 Å². The Morgan fingerprint density at radius 1 is 1.17 bits per heavy atom. The van der Waals surface area contributed by atoms with Crippen LogP contribution in [0.2, 0.25) is 0 Å². The van der Waals surface area contributed by atoms with Crippen LogP contribution in [0.5, 0.6) is 5.75 Å². The van der Waals surface area contributed by atoms with Crippen molar-refractivity contribution in [3.63, 3.8) is 0 Å². The second kappa shape index (κ2) is 7.46. The van der Waals surface area contributed by atoms with Gasteiger partial charge in [0.1, 0.15) is 11.6 Å². The standard InChI is InChI=1S/C19H19N3O2/c1-24-15-8-6-14(7-9-15)10-11-22-19(23)17-5-3-2-4-16(17)18-20-12-13-21-18/h2-9,12-13H,10-11H2,1H3,(H,20,21)(H,22,23). The minimum atomic E-state index is -0.101. The number of benzene rings is 2. The highest BCUT2D eigenvalue weighted by Crippen LogP contribution is 2.19. The van der Waals surface area contributed by atoms with Gasteiger partial charge in [0.05, 0.1) is 12.7 Å². The third-order valence-corrected chi connectivity index (χ3v) is 3.78. The summed E-state index contributed by atoms with van der Waals surface area (Å²) in [5, 5.41) is 2.97. The third kappa shape index (κ3) is 3.63. The molecule has 0 unspecified atom stereocenters. The molecule has 0 aliphatic rings. The van der Waals surface area contributed by atoms with Crippen LogP contribution >= 0.6 is 0 Å². The van der Waals surface area contributed by atoms with Gasteiger partial charge in [0, 0.05) is 24.5 Å². The Morgan fingerprint density at radius 2 is 1.96 bits per heavy atom. The molecule has 5 nitrogen and oxygen atoms in total. The lowest BCUT2D eigenvalue weighted by Crippen LogP contribution is -2.26. The van der Waals surface area contributed by atoms with Crippen LogP contribution in [0.4, 0.5) is 0 Å². The highest BCUT2D eigenvalue weighted by molar-refractivity contribution is 6.00. The van der Waals surface area contributed by atoms with E-state index in [0.29, 0.717) is 17.9 Å². The number of nitrogens with one attached hydrogen (secondary N) is 2. The summed E-state index contributed by atoms with van der Waals surface area (Å²) in [6.07, 6.45) is 4.18. The lowest BCUT2D eigenvalue weighted by Gasteiger charge is -2.09. The first kappa shape index (κ1) is 15.8. The molecule has 0 radical (unpaired) electrons. The summed E-state index contributed by atoms with van der Waals surface area (Å²) >= 11 is 0. The van der Waals surface area contributed by atoms with Crippen molar-refractivity contribution in [2.75, 3.05) is 13.7 Å². The number of ether oxygens (including phenoxy) is 1. The SMILES string of the molecule is COc1ccc(CCNC(=O)c2ccccc2-c2ncc[nH]2)cc1. The quantitative estimate of drug-likeness (QED) is 0.733. The van der Waals surface area contributed by atoms with Gasteiger partial charge in [0.2, 0.25) is 0 Å². The Bertz CT molecular complexity index is 796. The fraction of sp³-hybridized carbons (Fsp3) is 0.158. The zero-order chi connectivity index (χ0) is 16.8. The maximum absolute atomic E-state index is 12.5. The molecule has 5 heteroatoms. The van der Waals surface area contributed by atoms with Gasteiger partial charge in [-0.25, -0.2) is 4.98 Å². The molecule has 122 valence electrons. The Labute approximate surface area is 140 Å². The molecule has 1 amide bonds. The average Bonchev–Trinajstić information content (AvgIpc) is 3.17. The van der Waals surface area contributed by atoms with Gasteiger partial charge in [-0.3, -0.25) is 4.79 Å². The van der Waals surface area contributed by atoms with Crippen LogP contribution in [-0.4, -0.2) is 29.5 Å². The number of amides is 1. The number of imidazole rings is 1. The zero-order valence-corrected chi connectivity index (χ0v) is 13.5. The first-order valence-corrected chi connectivity index (χ1v) is 7.78. The maximum Gasteiger partial charge on any atom is 0.252 e. The minimum Gasteiger partial charge on any atom is -0.497 e. The number of aromatic amines is 1. The van der Waals surface area contributed by atoms with Crippen LogP contribution in [-0.2, 0) is 6.42 Å². The molecule has 0 spiro atoms. The molecular weight excluding hydrogens is 302 g/mol. The number of hydrogen-bond donors (Lipinski definition) is 2. The van der Waals surface area contributed by atoms with Crippen LogP contribution in [0.15, 0.2) is 60.9 Å². The highest BCUT2D eigenvalue weighted by Gasteiger charge is 2.13. The normalized spacial score (nSPS) is 10.4. The van der Waals surface area contributed by atoms with Gasteiger partial charge in [-0.1, -0.05) is 30.3 Å². The van der Waals surface area contributed by atoms with Gasteiger partial charge in [-0.2, -0.15) is 0 Å². The van der Waals surface area contributed by atoms with Gasteiger partial charge in [0.25, 0.3) is 5.91 Å². The molecule has 0 saturated heterocycles. The average molecular weight is 321 g/mol. The van der Waals surface area contributed by atoms with E-state index in [1.54, 1.807) is 25.6 Å². The van der Waals surface area contributed by atoms with E-state index in [4.69, 9.17) is 4.74 Å².